The van der Waals surface area contributed by atoms with Crippen molar-refractivity contribution in [2.45, 2.75) is 158 Å². The summed E-state index contributed by atoms with van der Waals surface area (Å²) in [7, 11) is 0. The van der Waals surface area contributed by atoms with Crippen LogP contribution in [0.1, 0.15) is 156 Å². The molecule has 4 aromatic heterocycles. The summed E-state index contributed by atoms with van der Waals surface area (Å²) in [6, 6.07) is 27.3. The molecule has 0 aliphatic carbocycles. The van der Waals surface area contributed by atoms with E-state index in [0.717, 1.165) is 89.5 Å². The van der Waals surface area contributed by atoms with E-state index in [1.165, 1.54) is 121 Å². The molecule has 4 heterocycles. The standard InChI is InChI=1S/C56H74Br2N2S3/c1-37(2)13-9-15-39(5)17-11-19-41(7)21-23-43-25-29-45(30-26-43)51-52(46-31-27-44(28-32-46)24-22-42(8)20-12-18-40(6)16-10-14-38(3)4)60-54-53(59-51)55(47-33-35-49(57)61-47)63-56(54)48-34-36-50(58)62-48/h25-42H,9-24H2,1-8H3. The van der Waals surface area contributed by atoms with Crippen molar-refractivity contribution in [2.24, 2.45) is 35.5 Å². The quantitative estimate of drug-likeness (QED) is 0.0541. The summed E-state index contributed by atoms with van der Waals surface area (Å²) < 4.78 is 2.25. The number of thiophene rings is 3. The van der Waals surface area contributed by atoms with Crippen LogP contribution in [-0.2, 0) is 12.8 Å². The van der Waals surface area contributed by atoms with Crippen LogP contribution in [0.15, 0.2) is 80.4 Å². The summed E-state index contributed by atoms with van der Waals surface area (Å²) in [5, 5.41) is 0. The van der Waals surface area contributed by atoms with Gasteiger partial charge in [-0.25, -0.2) is 9.97 Å². The molecule has 6 aromatic rings. The van der Waals surface area contributed by atoms with E-state index < -0.39 is 0 Å². The minimum atomic E-state index is 0.740. The van der Waals surface area contributed by atoms with Crippen molar-refractivity contribution in [2.75, 3.05) is 0 Å². The molecular weight excluding hydrogens is 957 g/mol. The molecule has 0 bridgehead atoms. The lowest BCUT2D eigenvalue weighted by Crippen LogP contribution is -2.01. The van der Waals surface area contributed by atoms with Crippen molar-refractivity contribution in [3.05, 3.63) is 91.5 Å². The van der Waals surface area contributed by atoms with Gasteiger partial charge in [-0.1, -0.05) is 181 Å². The van der Waals surface area contributed by atoms with Crippen LogP contribution in [-0.4, -0.2) is 9.97 Å². The number of hydrogen-bond donors (Lipinski definition) is 0. The molecule has 6 rings (SSSR count). The zero-order valence-corrected chi connectivity index (χ0v) is 45.2. The van der Waals surface area contributed by atoms with Crippen molar-refractivity contribution in [1.29, 1.82) is 0 Å². The molecule has 4 atom stereocenters. The van der Waals surface area contributed by atoms with Gasteiger partial charge in [-0.05, 0) is 128 Å². The third kappa shape index (κ3) is 15.4. The maximum Gasteiger partial charge on any atom is 0.110 e. The fourth-order valence-electron chi connectivity index (χ4n) is 9.00. The van der Waals surface area contributed by atoms with Gasteiger partial charge in [0.2, 0.25) is 0 Å². The highest BCUT2D eigenvalue weighted by Gasteiger charge is 2.24. The maximum absolute atomic E-state index is 5.62. The number of halogens is 2. The van der Waals surface area contributed by atoms with Gasteiger partial charge in [0.1, 0.15) is 11.0 Å². The molecule has 0 fully saturated rings. The van der Waals surface area contributed by atoms with Gasteiger partial charge in [0.05, 0.1) is 28.7 Å². The highest BCUT2D eigenvalue weighted by atomic mass is 79.9. The molecule has 0 aliphatic heterocycles. The average molecular weight is 1030 g/mol. The summed E-state index contributed by atoms with van der Waals surface area (Å²) in [5.74, 6) is 4.83. The molecule has 0 aliphatic rings. The van der Waals surface area contributed by atoms with Crippen molar-refractivity contribution < 1.29 is 0 Å². The first-order chi connectivity index (χ1) is 30.3. The van der Waals surface area contributed by atoms with Gasteiger partial charge in [-0.15, -0.1) is 34.0 Å². The highest BCUT2D eigenvalue weighted by Crippen LogP contribution is 2.49. The summed E-state index contributed by atoms with van der Waals surface area (Å²) >= 11 is 12.8. The number of aryl methyl sites for hydroxylation is 2. The Labute approximate surface area is 410 Å². The number of rotatable bonds is 26. The zero-order chi connectivity index (χ0) is 44.9. The zero-order valence-electron chi connectivity index (χ0n) is 39.6. The molecule has 0 saturated heterocycles. The van der Waals surface area contributed by atoms with Crippen molar-refractivity contribution in [1.82, 2.24) is 9.97 Å². The number of benzene rings is 2. The molecule has 0 saturated carbocycles. The van der Waals surface area contributed by atoms with Gasteiger partial charge >= 0.3 is 0 Å². The Morgan fingerprint density at radius 1 is 0.397 bits per heavy atom. The fourth-order valence-corrected chi connectivity index (χ4v) is 13.2. The molecule has 2 nitrogen and oxygen atoms in total. The number of nitrogens with zero attached hydrogens (tertiary/aromatic N) is 2. The summed E-state index contributed by atoms with van der Waals surface area (Å²) in [6.07, 6.45) is 21.0. The molecule has 2 aromatic carbocycles. The van der Waals surface area contributed by atoms with Crippen LogP contribution >= 0.6 is 65.9 Å². The van der Waals surface area contributed by atoms with E-state index >= 15 is 0 Å². The third-order valence-electron chi connectivity index (χ3n) is 13.2. The van der Waals surface area contributed by atoms with E-state index in [-0.39, 0.29) is 0 Å². The van der Waals surface area contributed by atoms with Crippen LogP contribution in [0, 0.1) is 35.5 Å². The van der Waals surface area contributed by atoms with Crippen molar-refractivity contribution >= 4 is 76.9 Å². The largest absolute Gasteiger partial charge is 0.242 e. The Hall–Kier alpha value is -2.16. The lowest BCUT2D eigenvalue weighted by Gasteiger charge is -2.15. The first-order valence-electron chi connectivity index (χ1n) is 24.4. The van der Waals surface area contributed by atoms with E-state index in [9.17, 15) is 0 Å². The third-order valence-corrected chi connectivity index (χ3v) is 18.0. The molecule has 340 valence electrons. The van der Waals surface area contributed by atoms with Gasteiger partial charge in [0, 0.05) is 20.9 Å². The van der Waals surface area contributed by atoms with Crippen molar-refractivity contribution in [3.8, 4) is 42.0 Å². The summed E-state index contributed by atoms with van der Waals surface area (Å²) in [4.78, 5) is 16.0. The van der Waals surface area contributed by atoms with Crippen LogP contribution in [0.3, 0.4) is 0 Å². The Kier molecular flexibility index (Phi) is 20.0. The first-order valence-corrected chi connectivity index (χ1v) is 28.4. The molecule has 0 radical (unpaired) electrons. The Balaban J connectivity index is 1.20. The molecule has 4 unspecified atom stereocenters. The van der Waals surface area contributed by atoms with Crippen LogP contribution < -0.4 is 0 Å². The van der Waals surface area contributed by atoms with E-state index in [1.54, 1.807) is 22.7 Å². The van der Waals surface area contributed by atoms with E-state index in [2.05, 4.69) is 160 Å². The topological polar surface area (TPSA) is 25.8 Å². The van der Waals surface area contributed by atoms with E-state index in [4.69, 9.17) is 9.97 Å². The number of hydrogen-bond acceptors (Lipinski definition) is 5. The minimum absolute atomic E-state index is 0.740. The summed E-state index contributed by atoms with van der Waals surface area (Å²) in [6.45, 7) is 19.2. The average Bonchev–Trinajstić information content (AvgIpc) is 3.99. The molecule has 7 heteroatoms. The monoisotopic (exact) mass is 1030 g/mol. The Morgan fingerprint density at radius 2 is 0.730 bits per heavy atom. The predicted octanol–water partition coefficient (Wildman–Crippen LogP) is 20.4. The molecule has 0 spiro atoms. The molecular formula is C56H74Br2N2S3. The van der Waals surface area contributed by atoms with Gasteiger partial charge in [-0.2, -0.15) is 0 Å². The van der Waals surface area contributed by atoms with Crippen LogP contribution in [0.4, 0.5) is 0 Å². The smallest absolute Gasteiger partial charge is 0.110 e. The lowest BCUT2D eigenvalue weighted by atomic mass is 9.91. The first kappa shape index (κ1) is 50.3. The highest BCUT2D eigenvalue weighted by molar-refractivity contribution is 9.11. The Morgan fingerprint density at radius 3 is 1.05 bits per heavy atom. The van der Waals surface area contributed by atoms with Crippen LogP contribution in [0.2, 0.25) is 0 Å². The van der Waals surface area contributed by atoms with Gasteiger partial charge in [0.15, 0.2) is 0 Å². The molecule has 0 amide bonds. The van der Waals surface area contributed by atoms with Crippen LogP contribution in [0.25, 0.3) is 53.1 Å². The second-order valence-electron chi connectivity index (χ2n) is 20.0. The van der Waals surface area contributed by atoms with Crippen LogP contribution in [0.5, 0.6) is 0 Å². The number of fused-ring (bicyclic) bond motifs is 1. The predicted molar refractivity (Wildman–Crippen MR) is 289 cm³/mol. The normalized spacial score (nSPS) is 14.0. The van der Waals surface area contributed by atoms with E-state index in [0.29, 0.717) is 0 Å². The summed E-state index contributed by atoms with van der Waals surface area (Å²) in [5.41, 5.74) is 8.94. The van der Waals surface area contributed by atoms with Crippen molar-refractivity contribution in [3.63, 3.8) is 0 Å². The molecule has 0 N–H and O–H groups in total. The van der Waals surface area contributed by atoms with E-state index in [1.807, 2.05) is 11.3 Å². The second-order valence-corrected chi connectivity index (χ2v) is 25.9. The Bertz CT molecular complexity index is 2110. The van der Waals surface area contributed by atoms with Gasteiger partial charge < -0.3 is 0 Å². The van der Waals surface area contributed by atoms with Gasteiger partial charge in [-0.3, -0.25) is 0 Å². The lowest BCUT2D eigenvalue weighted by molar-refractivity contribution is 0.392. The second kappa shape index (κ2) is 25.1. The van der Waals surface area contributed by atoms with Gasteiger partial charge in [0.25, 0.3) is 0 Å². The molecule has 63 heavy (non-hydrogen) atoms. The number of aromatic nitrogens is 2. The maximum atomic E-state index is 5.62. The fraction of sp³-hybridized carbons (Fsp3) is 0.536. The minimum Gasteiger partial charge on any atom is -0.242 e. The SMILES string of the molecule is CC(C)CCCC(C)CCCC(C)CCc1ccc(-c2nc3c(-c4ccc(Br)s4)sc(-c4ccc(Br)s4)c3nc2-c2ccc(CCC(C)CCCC(C)CCCC(C)C)cc2)cc1.